The number of thioether (sulfide) groups is 2. The number of aromatic nitrogens is 2. The van der Waals surface area contributed by atoms with E-state index in [1.54, 1.807) is 18.5 Å². The van der Waals surface area contributed by atoms with Crippen LogP contribution in [-0.4, -0.2) is 25.7 Å². The van der Waals surface area contributed by atoms with Crippen LogP contribution in [0.4, 0.5) is 4.79 Å². The second kappa shape index (κ2) is 3.97. The summed E-state index contributed by atoms with van der Waals surface area (Å²) in [5, 5.41) is 2.37. The van der Waals surface area contributed by atoms with Gasteiger partial charge in [-0.05, 0) is 17.8 Å². The molecule has 1 unspecified atom stereocenters. The van der Waals surface area contributed by atoms with Gasteiger partial charge < -0.3 is 0 Å². The molecule has 0 bridgehead atoms. The molecule has 5 nitrogen and oxygen atoms in total. The molecule has 1 aromatic rings. The average molecular weight is 227 g/mol. The number of carbonyl (C=O) groups is 2. The van der Waals surface area contributed by atoms with Crippen LogP contribution in [0.15, 0.2) is 23.6 Å². The number of nitrogens with one attached hydrogen (secondary N) is 1. The Balaban J connectivity index is 2.05. The van der Waals surface area contributed by atoms with E-state index in [1.165, 1.54) is 11.8 Å². The summed E-state index contributed by atoms with van der Waals surface area (Å²) < 4.78 is -0.468. The highest BCUT2D eigenvalue weighted by molar-refractivity contribution is 8.26. The van der Waals surface area contributed by atoms with Gasteiger partial charge in [0.25, 0.3) is 11.1 Å². The monoisotopic (exact) mass is 227 g/mol. The maximum Gasteiger partial charge on any atom is 0.287 e. The molecule has 0 spiro atoms. The third kappa shape index (κ3) is 2.05. The Hall–Kier alpha value is -1.08. The van der Waals surface area contributed by atoms with E-state index in [2.05, 4.69) is 15.3 Å². The standard InChI is InChI=1S/C7H5N3O2S2/c11-4-5(14-7(12)10-4)13-6-8-2-1-3-9-6/h1-3,5H,(H,10,11,12). The number of nitrogens with zero attached hydrogens (tertiary/aromatic N) is 2. The maximum absolute atomic E-state index is 11.2. The minimum absolute atomic E-state index is 0.294. The molecular weight excluding hydrogens is 222 g/mol. The Morgan fingerprint density at radius 2 is 2.07 bits per heavy atom. The van der Waals surface area contributed by atoms with Crippen molar-refractivity contribution in [2.45, 2.75) is 9.74 Å². The summed E-state index contributed by atoms with van der Waals surface area (Å²) in [6.45, 7) is 0. The summed E-state index contributed by atoms with van der Waals surface area (Å²) in [6, 6.07) is 1.69. The lowest BCUT2D eigenvalue weighted by Crippen LogP contribution is -2.22. The second-order valence-electron chi connectivity index (χ2n) is 2.38. The Morgan fingerprint density at radius 3 is 2.64 bits per heavy atom. The van der Waals surface area contributed by atoms with Crippen LogP contribution in [0.5, 0.6) is 0 Å². The zero-order chi connectivity index (χ0) is 9.97. The van der Waals surface area contributed by atoms with Crippen molar-refractivity contribution in [2.24, 2.45) is 0 Å². The summed E-state index contributed by atoms with van der Waals surface area (Å²) in [5.41, 5.74) is 0. The van der Waals surface area contributed by atoms with Gasteiger partial charge in [0.15, 0.2) is 5.16 Å². The molecule has 0 radical (unpaired) electrons. The molecule has 0 aliphatic carbocycles. The molecule has 1 atom stereocenters. The highest BCUT2D eigenvalue weighted by Gasteiger charge is 2.33. The SMILES string of the molecule is O=C1NC(=O)C(Sc2ncccn2)S1. The fraction of sp³-hybridized carbons (Fsp3) is 0.143. The molecule has 1 saturated heterocycles. The Kier molecular flexibility index (Phi) is 2.69. The first-order valence-corrected chi connectivity index (χ1v) is 5.47. The van der Waals surface area contributed by atoms with Gasteiger partial charge in [0, 0.05) is 12.4 Å². The largest absolute Gasteiger partial charge is 0.287 e. The van der Waals surface area contributed by atoms with Crippen molar-refractivity contribution < 1.29 is 9.59 Å². The summed E-state index contributed by atoms with van der Waals surface area (Å²) in [5.74, 6) is -0.294. The third-order valence-electron chi connectivity index (χ3n) is 1.41. The molecule has 1 fully saturated rings. The van der Waals surface area contributed by atoms with Crippen LogP contribution < -0.4 is 5.32 Å². The molecule has 7 heteroatoms. The molecule has 2 rings (SSSR count). The second-order valence-corrected chi connectivity index (χ2v) is 4.82. The van der Waals surface area contributed by atoms with Crippen LogP contribution in [-0.2, 0) is 4.79 Å². The lowest BCUT2D eigenvalue weighted by molar-refractivity contribution is -0.117. The van der Waals surface area contributed by atoms with E-state index in [9.17, 15) is 9.59 Å². The fourth-order valence-corrected chi connectivity index (χ4v) is 2.69. The van der Waals surface area contributed by atoms with Crippen molar-refractivity contribution in [1.82, 2.24) is 15.3 Å². The third-order valence-corrected chi connectivity index (χ3v) is 3.58. The first-order chi connectivity index (χ1) is 6.75. The fourth-order valence-electron chi connectivity index (χ4n) is 0.859. The van der Waals surface area contributed by atoms with Gasteiger partial charge in [0.1, 0.15) is 4.58 Å². The van der Waals surface area contributed by atoms with Crippen LogP contribution in [0.2, 0.25) is 0 Å². The van der Waals surface area contributed by atoms with Crippen molar-refractivity contribution in [3.05, 3.63) is 18.5 Å². The topological polar surface area (TPSA) is 72.0 Å². The predicted molar refractivity (Wildman–Crippen MR) is 52.8 cm³/mol. The van der Waals surface area contributed by atoms with Crippen molar-refractivity contribution in [3.8, 4) is 0 Å². The lowest BCUT2D eigenvalue weighted by Gasteiger charge is -2.01. The highest BCUT2D eigenvalue weighted by Crippen LogP contribution is 2.32. The van der Waals surface area contributed by atoms with Gasteiger partial charge >= 0.3 is 0 Å². The number of hydrogen-bond donors (Lipinski definition) is 1. The number of rotatable bonds is 2. The molecule has 1 aliphatic heterocycles. The van der Waals surface area contributed by atoms with Crippen LogP contribution in [0.1, 0.15) is 0 Å². The Morgan fingerprint density at radius 1 is 1.36 bits per heavy atom. The minimum Gasteiger partial charge on any atom is -0.285 e. The van der Waals surface area contributed by atoms with Gasteiger partial charge in [0.05, 0.1) is 0 Å². The van der Waals surface area contributed by atoms with Gasteiger partial charge in [-0.1, -0.05) is 11.8 Å². The summed E-state index contributed by atoms with van der Waals surface area (Å²) in [4.78, 5) is 29.9. The smallest absolute Gasteiger partial charge is 0.285 e. The van der Waals surface area contributed by atoms with Gasteiger partial charge in [-0.15, -0.1) is 0 Å². The molecule has 0 saturated carbocycles. The van der Waals surface area contributed by atoms with Gasteiger partial charge in [-0.3, -0.25) is 14.9 Å². The molecule has 72 valence electrons. The average Bonchev–Trinajstić information content (AvgIpc) is 2.47. The predicted octanol–water partition coefficient (Wildman–Crippen LogP) is 0.878. The molecule has 14 heavy (non-hydrogen) atoms. The van der Waals surface area contributed by atoms with Crippen LogP contribution in [0.25, 0.3) is 0 Å². The zero-order valence-corrected chi connectivity index (χ0v) is 8.47. The minimum atomic E-state index is -0.468. The number of imide groups is 1. The van der Waals surface area contributed by atoms with Crippen molar-refractivity contribution in [1.29, 1.82) is 0 Å². The zero-order valence-electron chi connectivity index (χ0n) is 6.84. The van der Waals surface area contributed by atoms with Crippen molar-refractivity contribution >= 4 is 34.7 Å². The lowest BCUT2D eigenvalue weighted by atomic mass is 10.7. The number of hydrogen-bond acceptors (Lipinski definition) is 6. The van der Waals surface area contributed by atoms with E-state index in [0.29, 0.717) is 5.16 Å². The van der Waals surface area contributed by atoms with E-state index < -0.39 is 4.58 Å². The summed E-state index contributed by atoms with van der Waals surface area (Å²) in [7, 11) is 0. The molecule has 2 heterocycles. The van der Waals surface area contributed by atoms with Gasteiger partial charge in [-0.25, -0.2) is 9.97 Å². The van der Waals surface area contributed by atoms with Crippen molar-refractivity contribution in [2.75, 3.05) is 0 Å². The van der Waals surface area contributed by atoms with Crippen molar-refractivity contribution in [3.63, 3.8) is 0 Å². The van der Waals surface area contributed by atoms with E-state index >= 15 is 0 Å². The quantitative estimate of drug-likeness (QED) is 0.756. The van der Waals surface area contributed by atoms with E-state index in [0.717, 1.165) is 11.8 Å². The van der Waals surface area contributed by atoms with E-state index in [-0.39, 0.29) is 11.1 Å². The first kappa shape index (κ1) is 9.47. The van der Waals surface area contributed by atoms with Gasteiger partial charge in [-0.2, -0.15) is 0 Å². The molecule has 0 aromatic carbocycles. The normalized spacial score (nSPS) is 21.0. The molecular formula is C7H5N3O2S2. The van der Waals surface area contributed by atoms with Crippen LogP contribution in [0.3, 0.4) is 0 Å². The molecule has 1 aliphatic rings. The summed E-state index contributed by atoms with van der Waals surface area (Å²) in [6.07, 6.45) is 3.18. The maximum atomic E-state index is 11.2. The van der Waals surface area contributed by atoms with Gasteiger partial charge in [0.2, 0.25) is 0 Å². The molecule has 1 N–H and O–H groups in total. The Labute approximate surface area is 88.1 Å². The number of carbonyl (C=O) groups excluding carboxylic acids is 2. The van der Waals surface area contributed by atoms with E-state index in [4.69, 9.17) is 0 Å². The molecule has 2 amide bonds. The molecule has 1 aromatic heterocycles. The van der Waals surface area contributed by atoms with Crippen LogP contribution >= 0.6 is 23.5 Å². The Bertz CT molecular complexity index is 370. The number of amides is 2. The summed E-state index contributed by atoms with van der Waals surface area (Å²) >= 11 is 2.12. The van der Waals surface area contributed by atoms with E-state index in [1.807, 2.05) is 0 Å². The van der Waals surface area contributed by atoms with Crippen LogP contribution in [0, 0.1) is 0 Å². The first-order valence-electron chi connectivity index (χ1n) is 3.71. The highest BCUT2D eigenvalue weighted by atomic mass is 32.2.